The molecule has 2 aromatic rings. The monoisotopic (exact) mass is 374 g/mol. The fraction of sp³-hybridized carbons (Fsp3) is 0.368. The molecule has 140 valence electrons. The first-order chi connectivity index (χ1) is 12.6. The van der Waals surface area contributed by atoms with Crippen LogP contribution in [-0.4, -0.2) is 43.5 Å². The second-order valence-electron chi connectivity index (χ2n) is 5.82. The highest BCUT2D eigenvalue weighted by Gasteiger charge is 2.07. The van der Waals surface area contributed by atoms with Gasteiger partial charge in [0.05, 0.1) is 6.54 Å². The maximum Gasteiger partial charge on any atom is 0.255 e. The first kappa shape index (κ1) is 19.8. The molecule has 0 radical (unpaired) electrons. The molecule has 0 aliphatic heterocycles. The first-order valence-corrected chi connectivity index (χ1v) is 9.48. The maximum absolute atomic E-state index is 10.8. The van der Waals surface area contributed by atoms with Gasteiger partial charge in [-0.25, -0.2) is 4.99 Å². The number of guanidine groups is 1. The van der Waals surface area contributed by atoms with Crippen molar-refractivity contribution in [2.24, 2.45) is 10.7 Å². The summed E-state index contributed by atoms with van der Waals surface area (Å²) in [5, 5.41) is 5.42. The normalized spacial score (nSPS) is 11.2. The number of nitrogens with two attached hydrogens (primary N) is 1. The highest BCUT2D eigenvalue weighted by atomic mass is 32.1. The van der Waals surface area contributed by atoms with Gasteiger partial charge in [0, 0.05) is 25.0 Å². The van der Waals surface area contributed by atoms with Crippen molar-refractivity contribution in [1.29, 1.82) is 0 Å². The Bertz CT molecular complexity index is 716. The van der Waals surface area contributed by atoms with Crippen LogP contribution in [0.1, 0.15) is 17.4 Å². The molecule has 1 aromatic heterocycles. The van der Waals surface area contributed by atoms with Crippen molar-refractivity contribution < 1.29 is 9.53 Å². The van der Waals surface area contributed by atoms with Gasteiger partial charge >= 0.3 is 0 Å². The Kier molecular flexibility index (Phi) is 7.95. The third-order valence-electron chi connectivity index (χ3n) is 3.66. The molecule has 3 N–H and O–H groups in total. The van der Waals surface area contributed by atoms with E-state index in [2.05, 4.69) is 34.7 Å². The van der Waals surface area contributed by atoms with Crippen LogP contribution < -0.4 is 15.8 Å². The molecule has 0 fully saturated rings. The summed E-state index contributed by atoms with van der Waals surface area (Å²) in [5.74, 6) is 0.996. The predicted octanol–water partition coefficient (Wildman–Crippen LogP) is 2.25. The van der Waals surface area contributed by atoms with E-state index in [-0.39, 0.29) is 6.61 Å². The third-order valence-corrected chi connectivity index (χ3v) is 4.60. The minimum absolute atomic E-state index is 0.124. The van der Waals surface area contributed by atoms with Gasteiger partial charge in [0.2, 0.25) is 0 Å². The van der Waals surface area contributed by atoms with Gasteiger partial charge in [-0.15, -0.1) is 11.3 Å². The van der Waals surface area contributed by atoms with E-state index in [1.54, 1.807) is 17.4 Å². The van der Waals surface area contributed by atoms with Crippen LogP contribution >= 0.6 is 11.3 Å². The zero-order valence-corrected chi connectivity index (χ0v) is 16.1. The summed E-state index contributed by atoms with van der Waals surface area (Å²) in [6.07, 6.45) is 0.995. The molecule has 1 amide bonds. The van der Waals surface area contributed by atoms with E-state index in [1.807, 2.05) is 25.2 Å². The van der Waals surface area contributed by atoms with E-state index in [0.29, 0.717) is 12.3 Å². The number of primary amides is 1. The van der Waals surface area contributed by atoms with Crippen molar-refractivity contribution in [2.75, 3.05) is 26.7 Å². The molecule has 0 saturated heterocycles. The first-order valence-electron chi connectivity index (χ1n) is 8.60. The van der Waals surface area contributed by atoms with Crippen LogP contribution in [0.3, 0.4) is 0 Å². The number of rotatable bonds is 9. The van der Waals surface area contributed by atoms with Gasteiger partial charge in [0.25, 0.3) is 5.91 Å². The Labute approximate surface area is 158 Å². The molecular formula is C19H26N4O2S. The van der Waals surface area contributed by atoms with Gasteiger partial charge in [-0.05, 0) is 42.5 Å². The topological polar surface area (TPSA) is 80.0 Å². The summed E-state index contributed by atoms with van der Waals surface area (Å²) < 4.78 is 5.34. The van der Waals surface area contributed by atoms with Crippen molar-refractivity contribution in [3.63, 3.8) is 0 Å². The van der Waals surface area contributed by atoms with Crippen molar-refractivity contribution in [1.82, 2.24) is 10.2 Å². The Balaban J connectivity index is 1.96. The van der Waals surface area contributed by atoms with E-state index in [4.69, 9.17) is 15.5 Å². The second-order valence-corrected chi connectivity index (χ2v) is 6.86. The smallest absolute Gasteiger partial charge is 0.255 e. The number of carbonyl (C=O) groups is 1. The van der Waals surface area contributed by atoms with E-state index < -0.39 is 5.91 Å². The van der Waals surface area contributed by atoms with Gasteiger partial charge in [-0.2, -0.15) is 0 Å². The summed E-state index contributed by atoms with van der Waals surface area (Å²) in [6, 6.07) is 11.8. The van der Waals surface area contributed by atoms with Gasteiger partial charge in [-0.3, -0.25) is 4.79 Å². The molecule has 0 spiro atoms. The molecule has 2 rings (SSSR count). The number of hydrogen-bond acceptors (Lipinski definition) is 4. The van der Waals surface area contributed by atoms with Crippen LogP contribution in [0.2, 0.25) is 0 Å². The van der Waals surface area contributed by atoms with Gasteiger partial charge in [-0.1, -0.05) is 18.2 Å². The number of ether oxygens (including phenoxy) is 1. The molecule has 0 aliphatic carbocycles. The average Bonchev–Trinajstić information content (AvgIpc) is 3.15. The van der Waals surface area contributed by atoms with Gasteiger partial charge in [0.15, 0.2) is 12.6 Å². The predicted molar refractivity (Wildman–Crippen MR) is 107 cm³/mol. The van der Waals surface area contributed by atoms with Crippen LogP contribution in [0.15, 0.2) is 46.8 Å². The van der Waals surface area contributed by atoms with Crippen LogP contribution in [0.5, 0.6) is 5.75 Å². The lowest BCUT2D eigenvalue weighted by Gasteiger charge is -2.21. The summed E-state index contributed by atoms with van der Waals surface area (Å²) in [6.45, 7) is 4.17. The molecule has 0 bridgehead atoms. The van der Waals surface area contributed by atoms with Crippen molar-refractivity contribution >= 4 is 23.2 Å². The van der Waals surface area contributed by atoms with Crippen LogP contribution in [0, 0.1) is 0 Å². The molecule has 6 nitrogen and oxygen atoms in total. The van der Waals surface area contributed by atoms with Crippen LogP contribution in [-0.2, 0) is 17.8 Å². The minimum atomic E-state index is -0.491. The Morgan fingerprint density at radius 2 is 2.19 bits per heavy atom. The fourth-order valence-electron chi connectivity index (χ4n) is 2.36. The van der Waals surface area contributed by atoms with E-state index in [9.17, 15) is 4.79 Å². The molecule has 1 aromatic carbocycles. The zero-order chi connectivity index (χ0) is 18.8. The SMILES string of the molecule is CCNC(=NCc1cccc(OCC(N)=O)c1)N(C)CCc1cccs1. The van der Waals surface area contributed by atoms with Crippen molar-refractivity contribution in [3.8, 4) is 5.75 Å². The highest BCUT2D eigenvalue weighted by molar-refractivity contribution is 7.09. The number of hydrogen-bond donors (Lipinski definition) is 2. The van der Waals surface area contributed by atoms with E-state index >= 15 is 0 Å². The number of aliphatic imine (C=N–C) groups is 1. The number of likely N-dealkylation sites (N-methyl/N-ethyl adjacent to an activating group) is 1. The molecule has 7 heteroatoms. The fourth-order valence-corrected chi connectivity index (χ4v) is 3.06. The molecule has 1 heterocycles. The molecule has 0 saturated carbocycles. The maximum atomic E-state index is 10.8. The molecule has 0 unspecified atom stereocenters. The van der Waals surface area contributed by atoms with E-state index in [0.717, 1.165) is 31.0 Å². The number of amides is 1. The highest BCUT2D eigenvalue weighted by Crippen LogP contribution is 2.14. The van der Waals surface area contributed by atoms with Gasteiger partial charge in [0.1, 0.15) is 5.75 Å². The van der Waals surface area contributed by atoms with Crippen LogP contribution in [0.25, 0.3) is 0 Å². The Morgan fingerprint density at radius 1 is 1.35 bits per heavy atom. The molecule has 26 heavy (non-hydrogen) atoms. The minimum Gasteiger partial charge on any atom is -0.484 e. The average molecular weight is 375 g/mol. The van der Waals surface area contributed by atoms with Crippen LogP contribution in [0.4, 0.5) is 0 Å². The quantitative estimate of drug-likeness (QED) is 0.521. The summed E-state index contributed by atoms with van der Waals surface area (Å²) in [5.41, 5.74) is 6.12. The lowest BCUT2D eigenvalue weighted by Crippen LogP contribution is -2.39. The molecule has 0 aliphatic rings. The van der Waals surface area contributed by atoms with Crippen molar-refractivity contribution in [2.45, 2.75) is 19.9 Å². The summed E-state index contributed by atoms with van der Waals surface area (Å²) in [7, 11) is 2.04. The Morgan fingerprint density at radius 3 is 2.88 bits per heavy atom. The largest absolute Gasteiger partial charge is 0.484 e. The third kappa shape index (κ3) is 6.76. The Hall–Kier alpha value is -2.54. The number of thiophene rings is 1. The van der Waals surface area contributed by atoms with Crippen molar-refractivity contribution in [3.05, 3.63) is 52.2 Å². The lowest BCUT2D eigenvalue weighted by atomic mass is 10.2. The standard InChI is InChI=1S/C19H26N4O2S/c1-3-21-19(23(2)10-9-17-8-5-11-26-17)22-13-15-6-4-7-16(12-15)25-14-18(20)24/h4-8,11-12H,3,9-10,13-14H2,1-2H3,(H2,20,24)(H,21,22). The number of carbonyl (C=O) groups excluding carboxylic acids is 1. The molecule has 0 atom stereocenters. The molecular weight excluding hydrogens is 348 g/mol. The summed E-state index contributed by atoms with van der Waals surface area (Å²) in [4.78, 5) is 19.0. The van der Waals surface area contributed by atoms with Gasteiger partial charge < -0.3 is 20.7 Å². The zero-order valence-electron chi connectivity index (χ0n) is 15.3. The number of nitrogens with zero attached hydrogens (tertiary/aromatic N) is 2. The van der Waals surface area contributed by atoms with E-state index in [1.165, 1.54) is 4.88 Å². The number of nitrogens with one attached hydrogen (secondary N) is 1. The second kappa shape index (κ2) is 10.5. The summed E-state index contributed by atoms with van der Waals surface area (Å²) >= 11 is 1.77. The number of benzene rings is 1. The lowest BCUT2D eigenvalue weighted by molar-refractivity contribution is -0.119.